The highest BCUT2D eigenvalue weighted by atomic mass is 15.0. The van der Waals surface area contributed by atoms with Crippen molar-refractivity contribution in [2.75, 3.05) is 0 Å². The molecule has 0 saturated heterocycles. The third-order valence-electron chi connectivity index (χ3n) is 1.44. The largest absolute Gasteiger partial charge is 0.297 e. The van der Waals surface area contributed by atoms with Crippen LogP contribution in [-0.2, 0) is 0 Å². The van der Waals surface area contributed by atoms with E-state index < -0.39 is 0 Å². The van der Waals surface area contributed by atoms with Crippen LogP contribution in [0.3, 0.4) is 0 Å². The number of fused-ring (bicyclic) bond motifs is 2. The molecule has 0 aromatic heterocycles. The summed E-state index contributed by atoms with van der Waals surface area (Å²) in [6.45, 7) is 0. The Morgan fingerprint density at radius 2 is 1.29 bits per heavy atom. The molecule has 0 aromatic carbocycles. The summed E-state index contributed by atoms with van der Waals surface area (Å²) >= 11 is 0. The van der Waals surface area contributed by atoms with Crippen molar-refractivity contribution in [1.29, 1.82) is 0 Å². The number of rotatable bonds is 0. The van der Waals surface area contributed by atoms with Gasteiger partial charge in [0.2, 0.25) is 0 Å². The topological polar surface area (TPSA) is 12.0 Å². The summed E-state index contributed by atoms with van der Waals surface area (Å²) in [5, 5.41) is 3.31. The lowest BCUT2D eigenvalue weighted by atomic mass is 10.2. The molecule has 1 N–H and O–H groups in total. The zero-order valence-electron chi connectivity index (χ0n) is 3.96. The van der Waals surface area contributed by atoms with Crippen LogP contribution in [0.15, 0.2) is 24.3 Å². The van der Waals surface area contributed by atoms with Crippen molar-refractivity contribution in [2.45, 2.75) is 12.1 Å². The lowest BCUT2D eigenvalue weighted by molar-refractivity contribution is 0.750. The van der Waals surface area contributed by atoms with E-state index in [1.165, 1.54) is 0 Å². The van der Waals surface area contributed by atoms with E-state index in [4.69, 9.17) is 0 Å². The first kappa shape index (κ1) is 3.44. The molecule has 2 heterocycles. The molecule has 2 aliphatic rings. The second-order valence-electron chi connectivity index (χ2n) is 1.99. The predicted octanol–water partition coefficient (Wildman–Crippen LogP) is 0.453. The zero-order valence-corrected chi connectivity index (χ0v) is 3.96. The van der Waals surface area contributed by atoms with Gasteiger partial charge in [-0.3, -0.25) is 5.32 Å². The molecule has 0 saturated carbocycles. The van der Waals surface area contributed by atoms with E-state index in [1.54, 1.807) is 0 Å². The number of nitrogens with one attached hydrogen (secondary N) is 1. The molecule has 0 spiro atoms. The highest BCUT2D eigenvalue weighted by Crippen LogP contribution is 2.11. The Morgan fingerprint density at radius 1 is 0.857 bits per heavy atom. The second-order valence-corrected chi connectivity index (χ2v) is 1.99. The maximum atomic E-state index is 3.31. The van der Waals surface area contributed by atoms with Crippen LogP contribution in [0.4, 0.5) is 0 Å². The fourth-order valence-electron chi connectivity index (χ4n) is 1.05. The minimum atomic E-state index is 0.560. The predicted molar refractivity (Wildman–Crippen MR) is 29.0 cm³/mol. The van der Waals surface area contributed by atoms with Gasteiger partial charge in [-0.25, -0.2) is 0 Å². The summed E-state index contributed by atoms with van der Waals surface area (Å²) in [5.41, 5.74) is 0. The van der Waals surface area contributed by atoms with Gasteiger partial charge in [-0.2, -0.15) is 0 Å². The molecular formula is C6H7N. The van der Waals surface area contributed by atoms with Gasteiger partial charge in [0.1, 0.15) is 0 Å². The Kier molecular flexibility index (Phi) is 0.484. The fraction of sp³-hybridized carbons (Fsp3) is 0.333. The van der Waals surface area contributed by atoms with Crippen molar-refractivity contribution >= 4 is 0 Å². The summed E-state index contributed by atoms with van der Waals surface area (Å²) < 4.78 is 0. The summed E-state index contributed by atoms with van der Waals surface area (Å²) in [6, 6.07) is 1.12. The quantitative estimate of drug-likeness (QED) is 0.429. The standard InChI is InChI=1S/C6H7N/c1-2-6-4-3-5(1)7-6/h1-7H. The van der Waals surface area contributed by atoms with E-state index in [0.717, 1.165) is 0 Å². The Morgan fingerprint density at radius 3 is 1.43 bits per heavy atom. The van der Waals surface area contributed by atoms with E-state index in [1.807, 2.05) is 0 Å². The third kappa shape index (κ3) is 0.356. The lowest BCUT2D eigenvalue weighted by Crippen LogP contribution is -2.20. The van der Waals surface area contributed by atoms with Crippen molar-refractivity contribution in [1.82, 2.24) is 5.32 Å². The van der Waals surface area contributed by atoms with Crippen LogP contribution in [0.2, 0.25) is 0 Å². The Balaban J connectivity index is 2.38. The van der Waals surface area contributed by atoms with E-state index in [2.05, 4.69) is 29.6 Å². The first-order chi connectivity index (χ1) is 3.45. The summed E-state index contributed by atoms with van der Waals surface area (Å²) in [7, 11) is 0. The molecule has 7 heavy (non-hydrogen) atoms. The molecular weight excluding hydrogens is 86.1 g/mol. The normalized spacial score (nSPS) is 43.4. The SMILES string of the molecule is C1=CC2C=CC1N2. The van der Waals surface area contributed by atoms with Crippen LogP contribution in [0.25, 0.3) is 0 Å². The summed E-state index contributed by atoms with van der Waals surface area (Å²) in [4.78, 5) is 0. The molecule has 0 aromatic rings. The van der Waals surface area contributed by atoms with Crippen molar-refractivity contribution in [3.05, 3.63) is 24.3 Å². The van der Waals surface area contributed by atoms with E-state index in [9.17, 15) is 0 Å². The molecule has 0 atom stereocenters. The molecule has 0 unspecified atom stereocenters. The molecule has 0 radical (unpaired) electrons. The van der Waals surface area contributed by atoms with E-state index in [-0.39, 0.29) is 0 Å². The summed E-state index contributed by atoms with van der Waals surface area (Å²) in [5.74, 6) is 0. The van der Waals surface area contributed by atoms with Gasteiger partial charge in [0.05, 0.1) is 0 Å². The minimum Gasteiger partial charge on any atom is -0.297 e. The van der Waals surface area contributed by atoms with Crippen LogP contribution in [0.1, 0.15) is 0 Å². The van der Waals surface area contributed by atoms with E-state index in [0.29, 0.717) is 12.1 Å². The fourth-order valence-corrected chi connectivity index (χ4v) is 1.05. The van der Waals surface area contributed by atoms with Crippen LogP contribution in [0.5, 0.6) is 0 Å². The number of hydrogen-bond acceptors (Lipinski definition) is 1. The average Bonchev–Trinajstić information content (AvgIpc) is 2.22. The Hall–Kier alpha value is -0.560. The van der Waals surface area contributed by atoms with Gasteiger partial charge in [0.25, 0.3) is 0 Å². The molecule has 2 aliphatic heterocycles. The van der Waals surface area contributed by atoms with Crippen molar-refractivity contribution in [3.8, 4) is 0 Å². The first-order valence-electron chi connectivity index (χ1n) is 2.58. The van der Waals surface area contributed by atoms with Gasteiger partial charge >= 0.3 is 0 Å². The van der Waals surface area contributed by atoms with Crippen LogP contribution >= 0.6 is 0 Å². The smallest absolute Gasteiger partial charge is 0.0444 e. The van der Waals surface area contributed by atoms with Gasteiger partial charge in [0.15, 0.2) is 0 Å². The monoisotopic (exact) mass is 93.1 g/mol. The molecule has 36 valence electrons. The molecule has 1 nitrogen and oxygen atoms in total. The zero-order chi connectivity index (χ0) is 4.69. The van der Waals surface area contributed by atoms with Crippen LogP contribution in [0, 0.1) is 0 Å². The molecule has 2 rings (SSSR count). The first-order valence-corrected chi connectivity index (χ1v) is 2.58. The van der Waals surface area contributed by atoms with Gasteiger partial charge < -0.3 is 0 Å². The van der Waals surface area contributed by atoms with Crippen LogP contribution < -0.4 is 5.32 Å². The van der Waals surface area contributed by atoms with Gasteiger partial charge in [0, 0.05) is 12.1 Å². The highest BCUT2D eigenvalue weighted by molar-refractivity contribution is 5.28. The second kappa shape index (κ2) is 0.984. The van der Waals surface area contributed by atoms with Crippen molar-refractivity contribution in [3.63, 3.8) is 0 Å². The van der Waals surface area contributed by atoms with E-state index >= 15 is 0 Å². The van der Waals surface area contributed by atoms with Gasteiger partial charge in [-0.15, -0.1) is 0 Å². The molecule has 1 heteroatoms. The lowest BCUT2D eigenvalue weighted by Gasteiger charge is -1.94. The average molecular weight is 93.1 g/mol. The Bertz CT molecular complexity index is 107. The minimum absolute atomic E-state index is 0.560. The van der Waals surface area contributed by atoms with Crippen LogP contribution in [-0.4, -0.2) is 12.1 Å². The van der Waals surface area contributed by atoms with Gasteiger partial charge in [-0.1, -0.05) is 24.3 Å². The van der Waals surface area contributed by atoms with Gasteiger partial charge in [-0.05, 0) is 0 Å². The molecule has 2 bridgehead atoms. The highest BCUT2D eigenvalue weighted by Gasteiger charge is 2.17. The molecule has 0 aliphatic carbocycles. The Labute approximate surface area is 42.7 Å². The van der Waals surface area contributed by atoms with Crippen molar-refractivity contribution < 1.29 is 0 Å². The maximum absolute atomic E-state index is 3.31. The maximum Gasteiger partial charge on any atom is 0.0444 e. The molecule has 0 amide bonds. The number of hydrogen-bond donors (Lipinski definition) is 1. The third-order valence-corrected chi connectivity index (χ3v) is 1.44. The van der Waals surface area contributed by atoms with Crippen molar-refractivity contribution in [2.24, 2.45) is 0 Å². The summed E-state index contributed by atoms with van der Waals surface area (Å²) in [6.07, 6.45) is 8.74. The molecule has 0 fully saturated rings.